The Kier molecular flexibility index (Phi) is 5.99. The van der Waals surface area contributed by atoms with Gasteiger partial charge in [0.2, 0.25) is 0 Å². The van der Waals surface area contributed by atoms with Crippen LogP contribution >= 0.6 is 24.0 Å². The topological polar surface area (TPSA) is 50.4 Å². The minimum Gasteiger partial charge on any atom is -0.495 e. The summed E-state index contributed by atoms with van der Waals surface area (Å²) in [5.74, 6) is 0.359. The zero-order chi connectivity index (χ0) is 17.3. The van der Waals surface area contributed by atoms with E-state index in [9.17, 15) is 4.79 Å². The van der Waals surface area contributed by atoms with E-state index in [4.69, 9.17) is 16.3 Å². The van der Waals surface area contributed by atoms with Crippen LogP contribution < -0.4 is 15.4 Å². The third kappa shape index (κ3) is 4.09. The Hall–Kier alpha value is -1.75. The van der Waals surface area contributed by atoms with Gasteiger partial charge in [-0.2, -0.15) is 0 Å². The molecule has 2 aromatic rings. The van der Waals surface area contributed by atoms with Crippen LogP contribution in [0.25, 0.3) is 0 Å². The summed E-state index contributed by atoms with van der Waals surface area (Å²) in [6.07, 6.45) is 0. The summed E-state index contributed by atoms with van der Waals surface area (Å²) in [6.45, 7) is 6.21. The monoisotopic (exact) mass is 380 g/mol. The highest BCUT2D eigenvalue weighted by molar-refractivity contribution is 6.32. The van der Waals surface area contributed by atoms with Crippen LogP contribution in [-0.4, -0.2) is 19.6 Å². The molecule has 0 unspecified atom stereocenters. The maximum Gasteiger partial charge on any atom is 0.255 e. The van der Waals surface area contributed by atoms with Crippen molar-refractivity contribution in [1.29, 1.82) is 0 Å². The molecule has 0 aromatic heterocycles. The van der Waals surface area contributed by atoms with Gasteiger partial charge in [0.25, 0.3) is 5.91 Å². The van der Waals surface area contributed by atoms with Crippen LogP contribution in [0.4, 0.5) is 5.69 Å². The molecule has 1 heterocycles. The van der Waals surface area contributed by atoms with Crippen molar-refractivity contribution in [3.63, 3.8) is 0 Å². The second kappa shape index (κ2) is 7.65. The van der Waals surface area contributed by atoms with E-state index in [2.05, 4.69) is 30.5 Å². The Morgan fingerprint density at radius 3 is 2.68 bits per heavy atom. The minimum atomic E-state index is -0.192. The number of hydrogen-bond donors (Lipinski definition) is 2. The highest BCUT2D eigenvalue weighted by Gasteiger charge is 2.27. The van der Waals surface area contributed by atoms with Crippen LogP contribution in [0.3, 0.4) is 0 Å². The Morgan fingerprint density at radius 2 is 2.00 bits per heavy atom. The third-order valence-corrected chi connectivity index (χ3v) is 4.68. The van der Waals surface area contributed by atoms with E-state index in [1.54, 1.807) is 25.3 Å². The number of hydrogen-bond acceptors (Lipinski definition) is 3. The number of nitrogens with one attached hydrogen (secondary N) is 2. The first-order valence-corrected chi connectivity index (χ1v) is 8.27. The van der Waals surface area contributed by atoms with Gasteiger partial charge in [-0.1, -0.05) is 31.5 Å². The van der Waals surface area contributed by atoms with Gasteiger partial charge in [-0.05, 0) is 41.5 Å². The second-order valence-corrected chi connectivity index (χ2v) is 7.07. The summed E-state index contributed by atoms with van der Waals surface area (Å²) in [5.41, 5.74) is 3.92. The molecule has 25 heavy (non-hydrogen) atoms. The molecule has 0 bridgehead atoms. The van der Waals surface area contributed by atoms with E-state index < -0.39 is 0 Å². The minimum absolute atomic E-state index is 0. The van der Waals surface area contributed by atoms with E-state index in [1.807, 2.05) is 12.1 Å². The zero-order valence-electron chi connectivity index (χ0n) is 14.5. The van der Waals surface area contributed by atoms with Crippen LogP contribution in [0.5, 0.6) is 5.75 Å². The average Bonchev–Trinajstić information content (AvgIpc) is 2.54. The van der Waals surface area contributed by atoms with Gasteiger partial charge >= 0.3 is 0 Å². The van der Waals surface area contributed by atoms with Crippen molar-refractivity contribution in [2.75, 3.05) is 19.0 Å². The van der Waals surface area contributed by atoms with Gasteiger partial charge in [-0.25, -0.2) is 0 Å². The highest BCUT2D eigenvalue weighted by Crippen LogP contribution is 2.31. The molecule has 1 amide bonds. The largest absolute Gasteiger partial charge is 0.495 e. The summed E-state index contributed by atoms with van der Waals surface area (Å²) >= 11 is 6.09. The lowest BCUT2D eigenvalue weighted by Crippen LogP contribution is -2.38. The maximum absolute atomic E-state index is 12.4. The van der Waals surface area contributed by atoms with E-state index in [-0.39, 0.29) is 23.7 Å². The molecular formula is C19H22Cl2N2O2. The van der Waals surface area contributed by atoms with Crippen LogP contribution in [0.2, 0.25) is 5.02 Å². The fourth-order valence-corrected chi connectivity index (χ4v) is 3.35. The molecule has 2 N–H and O–H groups in total. The molecule has 0 aliphatic carbocycles. The normalized spacial score (nSPS) is 14.9. The first kappa shape index (κ1) is 19.6. The smallest absolute Gasteiger partial charge is 0.255 e. The predicted octanol–water partition coefficient (Wildman–Crippen LogP) is 4.40. The number of carbonyl (C=O) groups is 1. The molecule has 1 aliphatic rings. The van der Waals surface area contributed by atoms with E-state index in [0.717, 1.165) is 18.8 Å². The summed E-state index contributed by atoms with van der Waals surface area (Å²) < 4.78 is 5.11. The summed E-state index contributed by atoms with van der Waals surface area (Å²) in [5, 5.41) is 6.77. The predicted molar refractivity (Wildman–Crippen MR) is 104 cm³/mol. The van der Waals surface area contributed by atoms with Crippen molar-refractivity contribution >= 4 is 35.6 Å². The number of methoxy groups -OCH3 is 1. The summed E-state index contributed by atoms with van der Waals surface area (Å²) in [4.78, 5) is 12.4. The molecule has 0 radical (unpaired) electrons. The molecule has 0 saturated carbocycles. The summed E-state index contributed by atoms with van der Waals surface area (Å²) in [6, 6.07) is 11.1. The lowest BCUT2D eigenvalue weighted by atomic mass is 9.79. The van der Waals surface area contributed by atoms with Crippen molar-refractivity contribution < 1.29 is 9.53 Å². The number of fused-ring (bicyclic) bond motifs is 1. The lowest BCUT2D eigenvalue weighted by molar-refractivity contribution is 0.102. The van der Waals surface area contributed by atoms with Gasteiger partial charge in [0.15, 0.2) is 0 Å². The van der Waals surface area contributed by atoms with Gasteiger partial charge in [0, 0.05) is 29.8 Å². The van der Waals surface area contributed by atoms with Gasteiger partial charge in [-0.3, -0.25) is 4.79 Å². The van der Waals surface area contributed by atoms with E-state index in [1.165, 1.54) is 11.1 Å². The molecule has 6 heteroatoms. The van der Waals surface area contributed by atoms with Gasteiger partial charge in [0.1, 0.15) is 5.75 Å². The first-order valence-electron chi connectivity index (χ1n) is 7.90. The molecule has 134 valence electrons. The maximum atomic E-state index is 12.4. The molecule has 2 aromatic carbocycles. The lowest BCUT2D eigenvalue weighted by Gasteiger charge is -2.33. The first-order chi connectivity index (χ1) is 11.4. The van der Waals surface area contributed by atoms with Gasteiger partial charge < -0.3 is 15.4 Å². The third-order valence-electron chi connectivity index (χ3n) is 4.39. The number of amides is 1. The molecular weight excluding hydrogens is 359 g/mol. The highest BCUT2D eigenvalue weighted by atomic mass is 35.5. The van der Waals surface area contributed by atoms with Crippen molar-refractivity contribution in [2.45, 2.75) is 25.8 Å². The average molecular weight is 381 g/mol. The van der Waals surface area contributed by atoms with Gasteiger partial charge in [-0.15, -0.1) is 12.4 Å². The number of halogens is 2. The van der Waals surface area contributed by atoms with Crippen LogP contribution in [0.1, 0.15) is 35.3 Å². The van der Waals surface area contributed by atoms with Crippen molar-refractivity contribution in [2.24, 2.45) is 0 Å². The van der Waals surface area contributed by atoms with Crippen LogP contribution in [0.15, 0.2) is 36.4 Å². The van der Waals surface area contributed by atoms with E-state index >= 15 is 0 Å². The number of rotatable bonds is 3. The Labute approximate surface area is 159 Å². The zero-order valence-corrected chi connectivity index (χ0v) is 16.1. The van der Waals surface area contributed by atoms with Gasteiger partial charge in [0.05, 0.1) is 12.1 Å². The molecule has 0 saturated heterocycles. The molecule has 0 spiro atoms. The standard InChI is InChI=1S/C19H21ClN2O2.ClH/c1-19(2)11-21-10-13-8-14(5-6-15(13)19)22-18(23)12-4-7-17(24-3)16(20)9-12;/h4-9,21H,10-11H2,1-3H3,(H,22,23);1H. The van der Waals surface area contributed by atoms with Crippen LogP contribution in [0, 0.1) is 0 Å². The fourth-order valence-electron chi connectivity index (χ4n) is 3.09. The molecule has 1 aliphatic heterocycles. The SMILES string of the molecule is COc1ccc(C(=O)Nc2ccc3c(c2)CNCC3(C)C)cc1Cl.Cl. The van der Waals surface area contributed by atoms with E-state index in [0.29, 0.717) is 16.3 Å². The van der Waals surface area contributed by atoms with Crippen LogP contribution in [-0.2, 0) is 12.0 Å². The van der Waals surface area contributed by atoms with Crippen molar-refractivity contribution in [3.05, 3.63) is 58.1 Å². The molecule has 0 atom stereocenters. The number of carbonyl (C=O) groups excluding carboxylic acids is 1. The Balaban J connectivity index is 0.00000225. The molecule has 4 nitrogen and oxygen atoms in total. The molecule has 3 rings (SSSR count). The number of benzene rings is 2. The Bertz CT molecular complexity index is 791. The number of anilines is 1. The quantitative estimate of drug-likeness (QED) is 0.829. The molecule has 0 fully saturated rings. The Morgan fingerprint density at radius 1 is 1.24 bits per heavy atom. The fraction of sp³-hybridized carbons (Fsp3) is 0.316. The van der Waals surface area contributed by atoms with Crippen molar-refractivity contribution in [1.82, 2.24) is 5.32 Å². The summed E-state index contributed by atoms with van der Waals surface area (Å²) in [7, 11) is 1.55. The van der Waals surface area contributed by atoms with Crippen molar-refractivity contribution in [3.8, 4) is 5.75 Å². The second-order valence-electron chi connectivity index (χ2n) is 6.66. The number of ether oxygens (including phenoxy) is 1.